The molecule has 19 heavy (non-hydrogen) atoms. The third kappa shape index (κ3) is 3.91. The van der Waals surface area contributed by atoms with Crippen molar-refractivity contribution in [3.8, 4) is 0 Å². The van der Waals surface area contributed by atoms with E-state index in [4.69, 9.17) is 23.2 Å². The fraction of sp³-hybridized carbons (Fsp3) is 0.154. The molecular formula is C13H11Cl2N3O. The van der Waals surface area contributed by atoms with Crippen molar-refractivity contribution in [3.63, 3.8) is 0 Å². The predicted molar refractivity (Wildman–Crippen MR) is 74.5 cm³/mol. The van der Waals surface area contributed by atoms with Gasteiger partial charge in [-0.3, -0.25) is 9.78 Å². The van der Waals surface area contributed by atoms with E-state index in [0.29, 0.717) is 28.7 Å². The molecule has 1 aromatic carbocycles. The Bertz CT molecular complexity index is 575. The van der Waals surface area contributed by atoms with Gasteiger partial charge >= 0.3 is 0 Å². The molecule has 0 unspecified atom stereocenters. The van der Waals surface area contributed by atoms with Crippen LogP contribution in [0.1, 0.15) is 16.1 Å². The number of benzene rings is 1. The maximum Gasteiger partial charge on any atom is 0.271 e. The van der Waals surface area contributed by atoms with E-state index in [1.165, 1.54) is 18.6 Å². The highest BCUT2D eigenvalue weighted by Gasteiger charge is 2.07. The Morgan fingerprint density at radius 1 is 1.26 bits per heavy atom. The van der Waals surface area contributed by atoms with Gasteiger partial charge in [-0.1, -0.05) is 29.3 Å². The molecule has 1 aromatic heterocycles. The molecule has 0 bridgehead atoms. The van der Waals surface area contributed by atoms with Gasteiger partial charge in [0.25, 0.3) is 5.91 Å². The summed E-state index contributed by atoms with van der Waals surface area (Å²) in [5.74, 6) is -0.252. The van der Waals surface area contributed by atoms with Crippen molar-refractivity contribution in [2.45, 2.75) is 6.42 Å². The fourth-order valence-electron chi connectivity index (χ4n) is 1.54. The van der Waals surface area contributed by atoms with E-state index in [2.05, 4.69) is 15.3 Å². The van der Waals surface area contributed by atoms with Crippen molar-refractivity contribution in [1.82, 2.24) is 15.3 Å². The van der Waals surface area contributed by atoms with Crippen molar-refractivity contribution in [2.75, 3.05) is 6.54 Å². The molecule has 0 saturated carbocycles. The van der Waals surface area contributed by atoms with Crippen molar-refractivity contribution < 1.29 is 4.79 Å². The van der Waals surface area contributed by atoms with E-state index in [9.17, 15) is 4.79 Å². The number of hydrogen-bond donors (Lipinski definition) is 1. The fourth-order valence-corrected chi connectivity index (χ4v) is 2.05. The third-order valence-electron chi connectivity index (χ3n) is 2.49. The zero-order chi connectivity index (χ0) is 13.7. The van der Waals surface area contributed by atoms with E-state index < -0.39 is 0 Å². The topological polar surface area (TPSA) is 54.9 Å². The van der Waals surface area contributed by atoms with Crippen molar-refractivity contribution in [1.29, 1.82) is 0 Å². The van der Waals surface area contributed by atoms with Crippen LogP contribution in [0.5, 0.6) is 0 Å². The summed E-state index contributed by atoms with van der Waals surface area (Å²) >= 11 is 11.9. The molecule has 0 atom stereocenters. The minimum Gasteiger partial charge on any atom is -0.350 e. The summed E-state index contributed by atoms with van der Waals surface area (Å²) in [6, 6.07) is 5.30. The third-order valence-corrected chi connectivity index (χ3v) is 3.08. The summed E-state index contributed by atoms with van der Waals surface area (Å²) in [4.78, 5) is 19.5. The van der Waals surface area contributed by atoms with Gasteiger partial charge < -0.3 is 5.32 Å². The lowest BCUT2D eigenvalue weighted by Crippen LogP contribution is -2.26. The first kappa shape index (κ1) is 13.8. The first-order valence-electron chi connectivity index (χ1n) is 5.65. The van der Waals surface area contributed by atoms with Crippen LogP contribution in [0.3, 0.4) is 0 Å². The lowest BCUT2D eigenvalue weighted by atomic mass is 10.1. The number of nitrogens with zero attached hydrogens (tertiary/aromatic N) is 2. The number of amides is 1. The molecule has 0 fully saturated rings. The minimum absolute atomic E-state index is 0.252. The number of halogens is 2. The van der Waals surface area contributed by atoms with Crippen LogP contribution in [0, 0.1) is 0 Å². The minimum atomic E-state index is -0.252. The Labute approximate surface area is 120 Å². The normalized spacial score (nSPS) is 10.2. The summed E-state index contributed by atoms with van der Waals surface area (Å²) in [6.45, 7) is 0.469. The van der Waals surface area contributed by atoms with E-state index >= 15 is 0 Å². The van der Waals surface area contributed by atoms with E-state index in [-0.39, 0.29) is 5.91 Å². The first-order chi connectivity index (χ1) is 9.16. The molecular weight excluding hydrogens is 285 g/mol. The summed E-state index contributed by atoms with van der Waals surface area (Å²) < 4.78 is 0. The average molecular weight is 296 g/mol. The molecule has 0 aliphatic rings. The number of carbonyl (C=O) groups is 1. The number of carbonyl (C=O) groups excluding carboxylic acids is 1. The van der Waals surface area contributed by atoms with Crippen LogP contribution in [0.4, 0.5) is 0 Å². The van der Waals surface area contributed by atoms with Crippen molar-refractivity contribution in [3.05, 3.63) is 58.1 Å². The second-order valence-corrected chi connectivity index (χ2v) is 4.68. The maximum absolute atomic E-state index is 11.7. The van der Waals surface area contributed by atoms with Gasteiger partial charge in [-0.05, 0) is 24.1 Å². The number of hydrogen-bond acceptors (Lipinski definition) is 3. The Hall–Kier alpha value is -1.65. The van der Waals surface area contributed by atoms with E-state index in [1.54, 1.807) is 12.1 Å². The van der Waals surface area contributed by atoms with Crippen LogP contribution in [0.25, 0.3) is 0 Å². The zero-order valence-corrected chi connectivity index (χ0v) is 11.4. The van der Waals surface area contributed by atoms with Crippen LogP contribution in [-0.4, -0.2) is 22.4 Å². The van der Waals surface area contributed by atoms with Crippen molar-refractivity contribution in [2.24, 2.45) is 0 Å². The Balaban J connectivity index is 1.88. The molecule has 0 saturated heterocycles. The van der Waals surface area contributed by atoms with Crippen LogP contribution in [-0.2, 0) is 6.42 Å². The van der Waals surface area contributed by atoms with Gasteiger partial charge in [0.05, 0.1) is 6.20 Å². The Morgan fingerprint density at radius 2 is 2.11 bits per heavy atom. The van der Waals surface area contributed by atoms with Crippen LogP contribution >= 0.6 is 23.2 Å². The van der Waals surface area contributed by atoms with Gasteiger partial charge in [0.2, 0.25) is 0 Å². The number of rotatable bonds is 4. The SMILES string of the molecule is O=C(NCCc1ccc(Cl)cc1Cl)c1cnccn1. The monoisotopic (exact) mass is 295 g/mol. The first-order valence-corrected chi connectivity index (χ1v) is 6.40. The molecule has 1 N–H and O–H groups in total. The molecule has 0 radical (unpaired) electrons. The highest BCUT2D eigenvalue weighted by atomic mass is 35.5. The van der Waals surface area contributed by atoms with Gasteiger partial charge in [0.1, 0.15) is 5.69 Å². The van der Waals surface area contributed by atoms with E-state index in [1.807, 2.05) is 6.07 Å². The van der Waals surface area contributed by atoms with Gasteiger partial charge in [-0.15, -0.1) is 0 Å². The largest absolute Gasteiger partial charge is 0.350 e. The molecule has 1 heterocycles. The highest BCUT2D eigenvalue weighted by Crippen LogP contribution is 2.20. The molecule has 2 rings (SSSR count). The highest BCUT2D eigenvalue weighted by molar-refractivity contribution is 6.35. The standard InChI is InChI=1S/C13H11Cl2N3O/c14-10-2-1-9(11(15)7-10)3-4-18-13(19)12-8-16-5-6-17-12/h1-2,5-8H,3-4H2,(H,18,19). The summed E-state index contributed by atoms with van der Waals surface area (Å²) in [7, 11) is 0. The van der Waals surface area contributed by atoms with E-state index in [0.717, 1.165) is 5.56 Å². The number of nitrogens with one attached hydrogen (secondary N) is 1. The Morgan fingerprint density at radius 3 is 2.79 bits per heavy atom. The van der Waals surface area contributed by atoms with Gasteiger partial charge in [0.15, 0.2) is 0 Å². The maximum atomic E-state index is 11.7. The number of aromatic nitrogens is 2. The quantitative estimate of drug-likeness (QED) is 0.944. The average Bonchev–Trinajstić information content (AvgIpc) is 2.42. The Kier molecular flexibility index (Phi) is 4.71. The van der Waals surface area contributed by atoms with Crippen molar-refractivity contribution >= 4 is 29.1 Å². The summed E-state index contributed by atoms with van der Waals surface area (Å²) in [6.07, 6.45) is 5.04. The molecule has 0 aliphatic heterocycles. The van der Waals surface area contributed by atoms with Crippen LogP contribution < -0.4 is 5.32 Å². The lowest BCUT2D eigenvalue weighted by molar-refractivity contribution is 0.0948. The smallest absolute Gasteiger partial charge is 0.271 e. The summed E-state index contributed by atoms with van der Waals surface area (Å²) in [5, 5.41) is 3.95. The lowest BCUT2D eigenvalue weighted by Gasteiger charge is -2.06. The molecule has 2 aromatic rings. The summed E-state index contributed by atoms with van der Waals surface area (Å²) in [5.41, 5.74) is 1.23. The molecule has 0 spiro atoms. The van der Waals surface area contributed by atoms with Gasteiger partial charge in [-0.25, -0.2) is 4.98 Å². The molecule has 4 nitrogen and oxygen atoms in total. The molecule has 6 heteroatoms. The van der Waals surface area contributed by atoms with Crippen LogP contribution in [0.15, 0.2) is 36.8 Å². The second kappa shape index (κ2) is 6.50. The molecule has 1 amide bonds. The van der Waals surface area contributed by atoms with Gasteiger partial charge in [-0.2, -0.15) is 0 Å². The molecule has 0 aliphatic carbocycles. The zero-order valence-electron chi connectivity index (χ0n) is 9.94. The van der Waals surface area contributed by atoms with Gasteiger partial charge in [0, 0.05) is 29.0 Å². The second-order valence-electron chi connectivity index (χ2n) is 3.83. The predicted octanol–water partition coefficient (Wildman–Crippen LogP) is 2.76. The molecule has 98 valence electrons. The van der Waals surface area contributed by atoms with Crippen LogP contribution in [0.2, 0.25) is 10.0 Å².